The minimum Gasteiger partial charge on any atom is -0.299 e. The summed E-state index contributed by atoms with van der Waals surface area (Å²) in [6.07, 6.45) is 6.95. The zero-order valence-corrected chi connectivity index (χ0v) is 12.6. The normalized spacial score (nSPS) is 14.8. The molecule has 1 aromatic rings. The van der Waals surface area contributed by atoms with E-state index in [0.29, 0.717) is 0 Å². The van der Waals surface area contributed by atoms with Crippen molar-refractivity contribution >= 4 is 12.0 Å². The summed E-state index contributed by atoms with van der Waals surface area (Å²) in [5, 5.41) is 8.43. The Morgan fingerprint density at radius 3 is 2.67 bits per heavy atom. The molecular weight excluding hydrogens is 264 g/mol. The number of carbonyl (C=O) groups excluding carboxylic acids is 1. The molecule has 1 aromatic carbocycles. The first-order valence-electron chi connectivity index (χ1n) is 7.64. The van der Waals surface area contributed by atoms with Gasteiger partial charge < -0.3 is 0 Å². The van der Waals surface area contributed by atoms with Crippen molar-refractivity contribution in [3.63, 3.8) is 0 Å². The fourth-order valence-electron chi connectivity index (χ4n) is 2.42. The molecular formula is C17H24N2O2. The molecule has 0 aromatic heterocycles. The first kappa shape index (κ1) is 15.7. The zero-order chi connectivity index (χ0) is 15.1. The summed E-state index contributed by atoms with van der Waals surface area (Å²) in [6, 6.07) is 8.20. The Hall–Kier alpha value is -1.65. The fraction of sp³-hybridized carbons (Fsp3) is 0.471. The molecule has 21 heavy (non-hydrogen) atoms. The van der Waals surface area contributed by atoms with Gasteiger partial charge in [0.2, 0.25) is 0 Å². The molecule has 1 amide bonds. The maximum Gasteiger partial charge on any atom is 0.267 e. The van der Waals surface area contributed by atoms with Crippen LogP contribution in [0.1, 0.15) is 37.3 Å². The summed E-state index contributed by atoms with van der Waals surface area (Å²) < 4.78 is 0. The van der Waals surface area contributed by atoms with Gasteiger partial charge in [-0.25, -0.2) is 5.48 Å². The number of hydrogen-bond acceptors (Lipinski definition) is 3. The van der Waals surface area contributed by atoms with E-state index in [1.54, 1.807) is 11.6 Å². The molecule has 2 N–H and O–H groups in total. The first-order chi connectivity index (χ1) is 10.2. The van der Waals surface area contributed by atoms with Gasteiger partial charge in [0.15, 0.2) is 0 Å². The number of hydroxylamine groups is 1. The molecule has 1 saturated carbocycles. The average Bonchev–Trinajstić information content (AvgIpc) is 3.30. The highest BCUT2D eigenvalue weighted by atomic mass is 16.5. The summed E-state index contributed by atoms with van der Waals surface area (Å²) >= 11 is 0. The van der Waals surface area contributed by atoms with E-state index in [0.717, 1.165) is 24.6 Å². The van der Waals surface area contributed by atoms with Gasteiger partial charge >= 0.3 is 0 Å². The topological polar surface area (TPSA) is 52.6 Å². The maximum atomic E-state index is 10.9. The van der Waals surface area contributed by atoms with Crippen LogP contribution in [0.15, 0.2) is 30.3 Å². The lowest BCUT2D eigenvalue weighted by Crippen LogP contribution is -2.26. The third-order valence-electron chi connectivity index (χ3n) is 3.68. The van der Waals surface area contributed by atoms with Crippen LogP contribution in [0.2, 0.25) is 0 Å². The lowest BCUT2D eigenvalue weighted by atomic mass is 10.1. The Balaban J connectivity index is 1.90. The SMILES string of the molecule is CCCN(Cc1ccc(/C=C/C(=O)NO)cc1)CC1CC1. The van der Waals surface area contributed by atoms with Crippen LogP contribution in [-0.2, 0) is 11.3 Å². The molecule has 114 valence electrons. The van der Waals surface area contributed by atoms with Gasteiger partial charge in [-0.1, -0.05) is 31.2 Å². The second-order valence-electron chi connectivity index (χ2n) is 5.73. The van der Waals surface area contributed by atoms with Gasteiger partial charge in [0.1, 0.15) is 0 Å². The summed E-state index contributed by atoms with van der Waals surface area (Å²) in [5.74, 6) is 0.397. The predicted octanol–water partition coefficient (Wildman–Crippen LogP) is 2.83. The van der Waals surface area contributed by atoms with Gasteiger partial charge in [-0.05, 0) is 48.9 Å². The van der Waals surface area contributed by atoms with E-state index in [2.05, 4.69) is 24.0 Å². The Morgan fingerprint density at radius 1 is 1.38 bits per heavy atom. The Kier molecular flexibility index (Phi) is 5.96. The van der Waals surface area contributed by atoms with E-state index in [4.69, 9.17) is 5.21 Å². The van der Waals surface area contributed by atoms with Crippen LogP contribution in [0.3, 0.4) is 0 Å². The highest BCUT2D eigenvalue weighted by molar-refractivity contribution is 5.90. The van der Waals surface area contributed by atoms with E-state index in [9.17, 15) is 4.79 Å². The van der Waals surface area contributed by atoms with Crippen LogP contribution in [0, 0.1) is 5.92 Å². The Bertz CT molecular complexity index is 478. The third kappa shape index (κ3) is 5.69. The van der Waals surface area contributed by atoms with Crippen molar-refractivity contribution in [3.8, 4) is 0 Å². The standard InChI is InChI=1S/C17H24N2O2/c1-2-11-19(13-16-7-8-16)12-15-5-3-14(4-6-15)9-10-17(20)18-21/h3-6,9-10,16,21H,2,7-8,11-13H2,1H3,(H,18,20)/b10-9+. The third-order valence-corrected chi connectivity index (χ3v) is 3.68. The van der Waals surface area contributed by atoms with Gasteiger partial charge in [0.25, 0.3) is 5.91 Å². The molecule has 0 aliphatic heterocycles. The van der Waals surface area contributed by atoms with Crippen LogP contribution in [0.25, 0.3) is 6.08 Å². The molecule has 0 unspecified atom stereocenters. The fourth-order valence-corrected chi connectivity index (χ4v) is 2.42. The van der Waals surface area contributed by atoms with Crippen LogP contribution >= 0.6 is 0 Å². The summed E-state index contributed by atoms with van der Waals surface area (Å²) in [4.78, 5) is 13.5. The molecule has 1 aliphatic carbocycles. The van der Waals surface area contributed by atoms with Gasteiger partial charge in [-0.2, -0.15) is 0 Å². The quantitative estimate of drug-likeness (QED) is 0.439. The minimum absolute atomic E-state index is 0.516. The Morgan fingerprint density at radius 2 is 2.10 bits per heavy atom. The van der Waals surface area contributed by atoms with Gasteiger partial charge in [0.05, 0.1) is 0 Å². The molecule has 2 rings (SSSR count). The number of hydrogen-bond donors (Lipinski definition) is 2. The number of carbonyl (C=O) groups is 1. The molecule has 0 spiro atoms. The summed E-state index contributed by atoms with van der Waals surface area (Å²) in [7, 11) is 0. The van der Waals surface area contributed by atoms with Crippen LogP contribution in [0.4, 0.5) is 0 Å². The van der Waals surface area contributed by atoms with Crippen molar-refractivity contribution in [1.82, 2.24) is 10.4 Å². The van der Waals surface area contributed by atoms with E-state index in [1.807, 2.05) is 12.1 Å². The number of rotatable bonds is 8. The van der Waals surface area contributed by atoms with Crippen molar-refractivity contribution in [2.45, 2.75) is 32.7 Å². The van der Waals surface area contributed by atoms with Crippen LogP contribution in [-0.4, -0.2) is 29.1 Å². The van der Waals surface area contributed by atoms with Crippen LogP contribution < -0.4 is 5.48 Å². The summed E-state index contributed by atoms with van der Waals surface area (Å²) in [5.41, 5.74) is 3.83. The first-order valence-corrected chi connectivity index (χ1v) is 7.64. The number of amides is 1. The molecule has 4 nitrogen and oxygen atoms in total. The molecule has 4 heteroatoms. The van der Waals surface area contributed by atoms with E-state index in [1.165, 1.54) is 37.4 Å². The lowest BCUT2D eigenvalue weighted by molar-refractivity contribution is -0.124. The van der Waals surface area contributed by atoms with E-state index in [-0.39, 0.29) is 0 Å². The van der Waals surface area contributed by atoms with Gasteiger partial charge in [-0.3, -0.25) is 14.9 Å². The Labute approximate surface area is 126 Å². The van der Waals surface area contributed by atoms with E-state index >= 15 is 0 Å². The van der Waals surface area contributed by atoms with Crippen molar-refractivity contribution in [2.24, 2.45) is 5.92 Å². The largest absolute Gasteiger partial charge is 0.299 e. The molecule has 0 bridgehead atoms. The summed E-state index contributed by atoms with van der Waals surface area (Å²) in [6.45, 7) is 5.58. The molecule has 1 aliphatic rings. The number of nitrogens with one attached hydrogen (secondary N) is 1. The number of benzene rings is 1. The molecule has 1 fully saturated rings. The van der Waals surface area contributed by atoms with Crippen molar-refractivity contribution in [3.05, 3.63) is 41.5 Å². The van der Waals surface area contributed by atoms with Crippen LogP contribution in [0.5, 0.6) is 0 Å². The van der Waals surface area contributed by atoms with Crippen molar-refractivity contribution < 1.29 is 10.0 Å². The second kappa shape index (κ2) is 7.96. The maximum absolute atomic E-state index is 10.9. The molecule has 0 radical (unpaired) electrons. The van der Waals surface area contributed by atoms with E-state index < -0.39 is 5.91 Å². The minimum atomic E-state index is -0.516. The number of nitrogens with zero attached hydrogens (tertiary/aromatic N) is 1. The zero-order valence-electron chi connectivity index (χ0n) is 12.6. The monoisotopic (exact) mass is 288 g/mol. The highest BCUT2D eigenvalue weighted by Crippen LogP contribution is 2.30. The van der Waals surface area contributed by atoms with Crippen molar-refractivity contribution in [1.29, 1.82) is 0 Å². The predicted molar refractivity (Wildman–Crippen MR) is 83.7 cm³/mol. The lowest BCUT2D eigenvalue weighted by Gasteiger charge is -2.21. The van der Waals surface area contributed by atoms with Crippen molar-refractivity contribution in [2.75, 3.05) is 13.1 Å². The van der Waals surface area contributed by atoms with Gasteiger partial charge in [0, 0.05) is 19.2 Å². The molecule has 0 atom stereocenters. The van der Waals surface area contributed by atoms with Gasteiger partial charge in [-0.15, -0.1) is 0 Å². The second-order valence-corrected chi connectivity index (χ2v) is 5.73. The molecule has 0 saturated heterocycles. The average molecular weight is 288 g/mol. The molecule has 0 heterocycles. The highest BCUT2D eigenvalue weighted by Gasteiger charge is 2.23. The smallest absolute Gasteiger partial charge is 0.267 e.